The van der Waals surface area contributed by atoms with Crippen molar-refractivity contribution in [3.8, 4) is 5.75 Å². The maximum atomic E-state index is 12.6. The average molecular weight is 389 g/mol. The van der Waals surface area contributed by atoms with Crippen molar-refractivity contribution >= 4 is 32.7 Å². The Bertz CT molecular complexity index is 1120. The predicted octanol–water partition coefficient (Wildman–Crippen LogP) is 2.65. The highest BCUT2D eigenvalue weighted by Crippen LogP contribution is 2.27. The average Bonchev–Trinajstić information content (AvgIpc) is 3.00. The van der Waals surface area contributed by atoms with Gasteiger partial charge in [-0.3, -0.25) is 4.79 Å². The number of ether oxygens (including phenoxy) is 1. The summed E-state index contributed by atoms with van der Waals surface area (Å²) in [6.07, 6.45) is 0. The van der Waals surface area contributed by atoms with Gasteiger partial charge in [-0.25, -0.2) is 17.7 Å². The first-order valence-corrected chi connectivity index (χ1v) is 9.45. The quantitative estimate of drug-likeness (QED) is 0.720. The number of carbonyl (C=O) groups excluding carboxylic acids is 1. The van der Waals surface area contributed by atoms with Crippen molar-refractivity contribution in [1.29, 1.82) is 0 Å². The van der Waals surface area contributed by atoms with E-state index in [0.29, 0.717) is 22.7 Å². The normalized spacial score (nSPS) is 11.7. The Balaban J connectivity index is 1.94. The maximum absolute atomic E-state index is 12.6. The molecule has 2 aromatic carbocycles. The summed E-state index contributed by atoms with van der Waals surface area (Å²) in [7, 11) is 0.432. The molecular formula is C18H19N3O5S. The molecule has 0 saturated carbocycles. The van der Waals surface area contributed by atoms with Crippen LogP contribution in [0.5, 0.6) is 5.75 Å². The molecule has 1 aromatic heterocycles. The number of fused-ring (bicyclic) bond motifs is 1. The van der Waals surface area contributed by atoms with Crippen molar-refractivity contribution in [2.45, 2.75) is 11.8 Å². The molecule has 3 aromatic rings. The Labute approximate surface area is 156 Å². The zero-order chi connectivity index (χ0) is 19.8. The molecule has 0 unspecified atom stereocenters. The van der Waals surface area contributed by atoms with Crippen LogP contribution in [0.25, 0.3) is 11.1 Å². The van der Waals surface area contributed by atoms with E-state index in [-0.39, 0.29) is 16.2 Å². The van der Waals surface area contributed by atoms with Gasteiger partial charge in [-0.2, -0.15) is 0 Å². The van der Waals surface area contributed by atoms with Crippen molar-refractivity contribution in [1.82, 2.24) is 9.29 Å². The smallest absolute Gasteiger partial charge is 0.255 e. The number of sulfonamides is 1. The third-order valence-electron chi connectivity index (χ3n) is 3.94. The van der Waals surface area contributed by atoms with Gasteiger partial charge in [0.25, 0.3) is 5.91 Å². The molecule has 0 aliphatic carbocycles. The van der Waals surface area contributed by atoms with E-state index < -0.39 is 15.9 Å². The van der Waals surface area contributed by atoms with Gasteiger partial charge in [0.2, 0.25) is 10.0 Å². The van der Waals surface area contributed by atoms with Crippen LogP contribution in [0, 0.1) is 6.92 Å². The monoisotopic (exact) mass is 389 g/mol. The zero-order valence-corrected chi connectivity index (χ0v) is 16.1. The minimum atomic E-state index is -3.77. The molecular weight excluding hydrogens is 370 g/mol. The number of carbonyl (C=O) groups is 1. The van der Waals surface area contributed by atoms with Crippen LogP contribution >= 0.6 is 0 Å². The molecule has 0 bridgehead atoms. The van der Waals surface area contributed by atoms with E-state index in [1.807, 2.05) is 0 Å². The molecule has 1 heterocycles. The Kier molecular flexibility index (Phi) is 4.90. The molecule has 1 N–H and O–H groups in total. The van der Waals surface area contributed by atoms with E-state index in [1.54, 1.807) is 25.1 Å². The second-order valence-corrected chi connectivity index (χ2v) is 8.14. The molecule has 0 fully saturated rings. The number of amides is 1. The van der Waals surface area contributed by atoms with Crippen LogP contribution in [0.15, 0.2) is 45.7 Å². The second kappa shape index (κ2) is 7.01. The summed E-state index contributed by atoms with van der Waals surface area (Å²) in [5.41, 5.74) is 1.95. The number of benzene rings is 2. The lowest BCUT2D eigenvalue weighted by atomic mass is 10.2. The van der Waals surface area contributed by atoms with E-state index in [4.69, 9.17) is 9.15 Å². The molecule has 0 spiro atoms. The lowest BCUT2D eigenvalue weighted by Crippen LogP contribution is -2.23. The number of hydrogen-bond donors (Lipinski definition) is 1. The Morgan fingerprint density at radius 1 is 1.19 bits per heavy atom. The molecule has 8 nitrogen and oxygen atoms in total. The Morgan fingerprint density at radius 2 is 1.93 bits per heavy atom. The fourth-order valence-corrected chi connectivity index (χ4v) is 3.61. The third-order valence-corrected chi connectivity index (χ3v) is 5.77. The van der Waals surface area contributed by atoms with Crippen LogP contribution < -0.4 is 10.1 Å². The lowest BCUT2D eigenvalue weighted by Gasteiger charge is -2.15. The van der Waals surface area contributed by atoms with Crippen LogP contribution in [0.2, 0.25) is 0 Å². The summed E-state index contributed by atoms with van der Waals surface area (Å²) in [5, 5.41) is 2.74. The summed E-state index contributed by atoms with van der Waals surface area (Å²) in [5.74, 6) is 0.245. The van der Waals surface area contributed by atoms with Crippen molar-refractivity contribution in [3.63, 3.8) is 0 Å². The summed E-state index contributed by atoms with van der Waals surface area (Å²) in [6, 6.07) is 9.33. The molecule has 3 rings (SSSR count). The molecule has 142 valence electrons. The van der Waals surface area contributed by atoms with E-state index in [2.05, 4.69) is 10.3 Å². The van der Waals surface area contributed by atoms with Gasteiger partial charge in [0.15, 0.2) is 11.5 Å². The Hall–Kier alpha value is -2.91. The molecule has 1 amide bonds. The minimum Gasteiger partial charge on any atom is -0.495 e. The topological polar surface area (TPSA) is 102 Å². The lowest BCUT2D eigenvalue weighted by molar-refractivity contribution is 0.102. The summed E-state index contributed by atoms with van der Waals surface area (Å²) < 4.78 is 36.6. The highest BCUT2D eigenvalue weighted by molar-refractivity contribution is 7.89. The van der Waals surface area contributed by atoms with Crippen LogP contribution in [-0.2, 0) is 10.0 Å². The predicted molar refractivity (Wildman–Crippen MR) is 101 cm³/mol. The van der Waals surface area contributed by atoms with E-state index in [1.165, 1.54) is 39.4 Å². The molecule has 0 radical (unpaired) electrons. The number of nitrogens with one attached hydrogen (secondary N) is 1. The number of anilines is 1. The number of hydrogen-bond acceptors (Lipinski definition) is 6. The zero-order valence-electron chi connectivity index (χ0n) is 15.3. The molecule has 0 aliphatic heterocycles. The summed E-state index contributed by atoms with van der Waals surface area (Å²) in [4.78, 5) is 16.7. The first kappa shape index (κ1) is 18.9. The molecule has 0 atom stereocenters. The number of aromatic nitrogens is 1. The third kappa shape index (κ3) is 3.64. The maximum Gasteiger partial charge on any atom is 0.255 e. The number of methoxy groups -OCH3 is 1. The van der Waals surface area contributed by atoms with Gasteiger partial charge in [0.05, 0.1) is 7.11 Å². The van der Waals surface area contributed by atoms with Gasteiger partial charge in [-0.15, -0.1) is 0 Å². The van der Waals surface area contributed by atoms with Gasteiger partial charge in [-0.05, 0) is 36.4 Å². The van der Waals surface area contributed by atoms with Crippen molar-refractivity contribution in [2.24, 2.45) is 0 Å². The van der Waals surface area contributed by atoms with E-state index in [0.717, 1.165) is 4.31 Å². The minimum absolute atomic E-state index is 0.0785. The highest BCUT2D eigenvalue weighted by atomic mass is 32.2. The van der Waals surface area contributed by atoms with Crippen molar-refractivity contribution in [2.75, 3.05) is 26.5 Å². The number of oxazole rings is 1. The Morgan fingerprint density at radius 3 is 2.59 bits per heavy atom. The van der Waals surface area contributed by atoms with Crippen molar-refractivity contribution < 1.29 is 22.4 Å². The fraction of sp³-hybridized carbons (Fsp3) is 0.222. The fourth-order valence-electron chi connectivity index (χ4n) is 2.54. The SMILES string of the molecule is COc1ccc(C(=O)Nc2ccc3oc(C)nc3c2)cc1S(=O)(=O)N(C)C. The number of nitrogens with zero attached hydrogens (tertiary/aromatic N) is 2. The van der Waals surface area contributed by atoms with Gasteiger partial charge in [-0.1, -0.05) is 0 Å². The molecule has 0 aliphatic rings. The standard InChI is InChI=1S/C18H19N3O5S/c1-11-19-14-10-13(6-8-15(14)26-11)20-18(22)12-5-7-16(25-4)17(9-12)27(23,24)21(2)3/h5-10H,1-4H3,(H,20,22). The molecule has 9 heteroatoms. The molecule has 0 saturated heterocycles. The first-order chi connectivity index (χ1) is 12.7. The van der Waals surface area contributed by atoms with Crippen LogP contribution in [0.1, 0.15) is 16.2 Å². The van der Waals surface area contributed by atoms with E-state index >= 15 is 0 Å². The first-order valence-electron chi connectivity index (χ1n) is 8.01. The van der Waals surface area contributed by atoms with E-state index in [9.17, 15) is 13.2 Å². The van der Waals surface area contributed by atoms with Crippen LogP contribution in [-0.4, -0.2) is 44.8 Å². The number of aryl methyl sites for hydroxylation is 1. The summed E-state index contributed by atoms with van der Waals surface area (Å²) in [6.45, 7) is 1.74. The second-order valence-electron chi connectivity index (χ2n) is 6.02. The highest BCUT2D eigenvalue weighted by Gasteiger charge is 2.24. The van der Waals surface area contributed by atoms with Gasteiger partial charge in [0.1, 0.15) is 16.2 Å². The van der Waals surface area contributed by atoms with Gasteiger partial charge >= 0.3 is 0 Å². The largest absolute Gasteiger partial charge is 0.495 e. The molecule has 27 heavy (non-hydrogen) atoms. The van der Waals surface area contributed by atoms with Crippen molar-refractivity contribution in [3.05, 3.63) is 47.9 Å². The van der Waals surface area contributed by atoms with Gasteiger partial charge < -0.3 is 14.5 Å². The van der Waals surface area contributed by atoms with Crippen LogP contribution in [0.4, 0.5) is 5.69 Å². The number of rotatable bonds is 5. The summed E-state index contributed by atoms with van der Waals surface area (Å²) >= 11 is 0. The van der Waals surface area contributed by atoms with Gasteiger partial charge in [0, 0.05) is 32.3 Å². The van der Waals surface area contributed by atoms with Crippen LogP contribution in [0.3, 0.4) is 0 Å².